The maximum Gasteiger partial charge on any atom is 0.230 e. The maximum atomic E-state index is 12.8. The lowest BCUT2D eigenvalue weighted by Crippen LogP contribution is -2.40. The van der Waals surface area contributed by atoms with E-state index in [-0.39, 0.29) is 17.2 Å². The third kappa shape index (κ3) is 2.60. The minimum absolute atomic E-state index is 0.0188. The van der Waals surface area contributed by atoms with E-state index >= 15 is 0 Å². The number of carbonyl (C=O) groups is 1. The number of imidazole rings is 1. The summed E-state index contributed by atoms with van der Waals surface area (Å²) in [5.74, 6) is 0.680. The number of anilines is 1. The van der Waals surface area contributed by atoms with E-state index in [9.17, 15) is 4.79 Å². The number of hydrogen-bond acceptors (Lipinski definition) is 2. The predicted octanol–water partition coefficient (Wildman–Crippen LogP) is 5.08. The zero-order valence-electron chi connectivity index (χ0n) is 14.9. The average molecular weight is 336 g/mol. The summed E-state index contributed by atoms with van der Waals surface area (Å²) in [5.41, 5.74) is 2.53. The van der Waals surface area contributed by atoms with Gasteiger partial charge in [-0.15, -0.1) is 0 Å². The molecule has 0 spiro atoms. The van der Waals surface area contributed by atoms with Gasteiger partial charge < -0.3 is 4.57 Å². The zero-order chi connectivity index (χ0) is 17.6. The van der Waals surface area contributed by atoms with Crippen LogP contribution in [0.25, 0.3) is 15.9 Å². The molecule has 25 heavy (non-hydrogen) atoms. The van der Waals surface area contributed by atoms with Gasteiger partial charge in [0.15, 0.2) is 5.69 Å². The molecule has 1 atom stereocenters. The minimum atomic E-state index is -0.0188. The Kier molecular flexibility index (Phi) is 3.79. The highest BCUT2D eigenvalue weighted by molar-refractivity contribution is 5.94. The summed E-state index contributed by atoms with van der Waals surface area (Å²) in [6, 6.07) is 5.93. The first kappa shape index (κ1) is 16.1. The molecular weight excluding hydrogens is 312 g/mol. The second-order valence-corrected chi connectivity index (χ2v) is 7.89. The molecule has 2 fully saturated rings. The normalized spacial score (nSPS) is 20.4. The molecule has 2 aromatic rings. The fourth-order valence-electron chi connectivity index (χ4n) is 3.96. The summed E-state index contributed by atoms with van der Waals surface area (Å²) in [4.78, 5) is 21.0. The number of hydrogen-bond donors (Lipinski definition) is 1. The summed E-state index contributed by atoms with van der Waals surface area (Å²) in [6.07, 6.45) is 6.86. The highest BCUT2D eigenvalue weighted by Crippen LogP contribution is 2.47. The summed E-state index contributed by atoms with van der Waals surface area (Å²) in [5, 5.41) is 3.10. The summed E-state index contributed by atoms with van der Waals surface area (Å²) >= 11 is 0. The van der Waals surface area contributed by atoms with Gasteiger partial charge in [-0.3, -0.25) is 10.1 Å². The van der Waals surface area contributed by atoms with Crippen LogP contribution in [-0.4, -0.2) is 15.5 Å². The molecule has 0 aliphatic heterocycles. The van der Waals surface area contributed by atoms with Crippen molar-refractivity contribution in [3.63, 3.8) is 0 Å². The molecule has 2 saturated carbocycles. The van der Waals surface area contributed by atoms with Crippen LogP contribution in [0.3, 0.4) is 0 Å². The molecule has 0 radical (unpaired) electrons. The number of aromatic nitrogens is 2. The Balaban J connectivity index is 1.68. The van der Waals surface area contributed by atoms with Crippen LogP contribution in [0.5, 0.6) is 0 Å². The van der Waals surface area contributed by atoms with Gasteiger partial charge >= 0.3 is 0 Å². The van der Waals surface area contributed by atoms with E-state index < -0.39 is 0 Å². The largest absolute Gasteiger partial charge is 0.308 e. The van der Waals surface area contributed by atoms with E-state index in [1.807, 2.05) is 19.1 Å². The lowest BCUT2D eigenvalue weighted by molar-refractivity contribution is -0.125. The van der Waals surface area contributed by atoms with Gasteiger partial charge in [0, 0.05) is 12.0 Å². The molecule has 5 nitrogen and oxygen atoms in total. The van der Waals surface area contributed by atoms with Crippen molar-refractivity contribution in [3.8, 4) is 0 Å². The number of fused-ring (bicyclic) bond motifs is 1. The van der Waals surface area contributed by atoms with Crippen LogP contribution in [-0.2, 0) is 4.79 Å². The van der Waals surface area contributed by atoms with E-state index in [2.05, 4.69) is 26.6 Å². The van der Waals surface area contributed by atoms with E-state index in [0.717, 1.165) is 36.7 Å². The van der Waals surface area contributed by atoms with Crippen molar-refractivity contribution in [2.45, 2.75) is 58.4 Å². The van der Waals surface area contributed by atoms with Crippen LogP contribution in [0, 0.1) is 17.9 Å². The van der Waals surface area contributed by atoms with Gasteiger partial charge in [-0.1, -0.05) is 26.3 Å². The van der Waals surface area contributed by atoms with Crippen LogP contribution >= 0.6 is 0 Å². The Labute approximate surface area is 148 Å². The lowest BCUT2D eigenvalue weighted by atomic mass is 9.63. The van der Waals surface area contributed by atoms with Crippen LogP contribution in [0.1, 0.15) is 58.4 Å². The Hall–Kier alpha value is -2.35. The second-order valence-electron chi connectivity index (χ2n) is 7.89. The van der Waals surface area contributed by atoms with Crippen LogP contribution in [0.4, 0.5) is 11.6 Å². The third-order valence-electron chi connectivity index (χ3n) is 6.41. The molecule has 130 valence electrons. The quantitative estimate of drug-likeness (QED) is 0.792. The first-order valence-corrected chi connectivity index (χ1v) is 9.22. The number of amides is 1. The maximum absolute atomic E-state index is 12.8. The van der Waals surface area contributed by atoms with Gasteiger partial charge in [-0.05, 0) is 49.7 Å². The van der Waals surface area contributed by atoms with Crippen LogP contribution < -0.4 is 5.32 Å². The smallest absolute Gasteiger partial charge is 0.230 e. The van der Waals surface area contributed by atoms with Crippen molar-refractivity contribution >= 4 is 28.6 Å². The standard InChI is InChI=1S/C20H24N4O/c1-13(20(2)10-5-11-20)18(25)23-19-22-16-9-8-14(21-3)12-17(16)24(19)15-6-4-7-15/h8-9,12-13,15H,4-7,10-11H2,1-2H3,(H,22,23,25)/t13-/m1/s1. The first-order chi connectivity index (χ1) is 12.0. The molecule has 1 aromatic heterocycles. The second kappa shape index (κ2) is 5.87. The summed E-state index contributed by atoms with van der Waals surface area (Å²) in [7, 11) is 0. The average Bonchev–Trinajstić information content (AvgIpc) is 2.87. The van der Waals surface area contributed by atoms with Gasteiger partial charge in [0.1, 0.15) is 0 Å². The fourth-order valence-corrected chi connectivity index (χ4v) is 3.96. The lowest BCUT2D eigenvalue weighted by Gasteiger charge is -2.42. The highest BCUT2D eigenvalue weighted by atomic mass is 16.2. The predicted molar refractivity (Wildman–Crippen MR) is 98.6 cm³/mol. The molecule has 1 aromatic carbocycles. The van der Waals surface area contributed by atoms with Gasteiger partial charge in [-0.25, -0.2) is 9.83 Å². The van der Waals surface area contributed by atoms with E-state index in [1.54, 1.807) is 6.07 Å². The van der Waals surface area contributed by atoms with Gasteiger partial charge in [0.25, 0.3) is 0 Å². The number of benzene rings is 1. The number of nitrogens with one attached hydrogen (secondary N) is 1. The van der Waals surface area contributed by atoms with Crippen LogP contribution in [0.15, 0.2) is 18.2 Å². The molecule has 5 heteroatoms. The Morgan fingerprint density at radius 1 is 1.40 bits per heavy atom. The Morgan fingerprint density at radius 3 is 2.72 bits per heavy atom. The Bertz CT molecular complexity index is 868. The van der Waals surface area contributed by atoms with Gasteiger partial charge in [0.2, 0.25) is 11.9 Å². The molecule has 1 heterocycles. The molecule has 1 amide bonds. The zero-order valence-corrected chi connectivity index (χ0v) is 14.9. The minimum Gasteiger partial charge on any atom is -0.308 e. The Morgan fingerprint density at radius 2 is 2.16 bits per heavy atom. The fraction of sp³-hybridized carbons (Fsp3) is 0.550. The molecule has 4 rings (SSSR count). The molecule has 0 saturated heterocycles. The van der Waals surface area contributed by atoms with Crippen molar-refractivity contribution < 1.29 is 4.79 Å². The van der Waals surface area contributed by atoms with Gasteiger partial charge in [-0.2, -0.15) is 0 Å². The monoisotopic (exact) mass is 336 g/mol. The third-order valence-corrected chi connectivity index (χ3v) is 6.41. The SMILES string of the molecule is [C-]#[N+]c1ccc2nc(NC(=O)[C@@H](C)C3(C)CCC3)n(C3CCC3)c2c1. The van der Waals surface area contributed by atoms with E-state index in [4.69, 9.17) is 6.57 Å². The highest BCUT2D eigenvalue weighted by Gasteiger charge is 2.41. The molecule has 2 aliphatic rings. The first-order valence-electron chi connectivity index (χ1n) is 9.22. The van der Waals surface area contributed by atoms with E-state index in [0.29, 0.717) is 17.7 Å². The van der Waals surface area contributed by atoms with Crippen LogP contribution in [0.2, 0.25) is 0 Å². The number of nitrogens with zero attached hydrogens (tertiary/aromatic N) is 3. The van der Waals surface area contributed by atoms with Crippen molar-refractivity contribution in [2.75, 3.05) is 5.32 Å². The van der Waals surface area contributed by atoms with Crippen molar-refractivity contribution in [3.05, 3.63) is 29.6 Å². The topological polar surface area (TPSA) is 51.3 Å². The molecule has 2 aliphatic carbocycles. The molecule has 0 bridgehead atoms. The van der Waals surface area contributed by atoms with Crippen molar-refractivity contribution in [2.24, 2.45) is 11.3 Å². The summed E-state index contributed by atoms with van der Waals surface area (Å²) in [6.45, 7) is 11.5. The number of carbonyl (C=O) groups excluding carboxylic acids is 1. The molecule has 0 unspecified atom stereocenters. The van der Waals surface area contributed by atoms with E-state index in [1.165, 1.54) is 12.8 Å². The van der Waals surface area contributed by atoms with Crippen molar-refractivity contribution in [1.29, 1.82) is 0 Å². The van der Waals surface area contributed by atoms with Crippen molar-refractivity contribution in [1.82, 2.24) is 9.55 Å². The van der Waals surface area contributed by atoms with Gasteiger partial charge in [0.05, 0.1) is 17.6 Å². The summed E-state index contributed by atoms with van der Waals surface area (Å²) < 4.78 is 2.14. The number of rotatable bonds is 4. The molecular formula is C20H24N4O. The molecule has 1 N–H and O–H groups in total.